The van der Waals surface area contributed by atoms with Gasteiger partial charge < -0.3 is 19.1 Å². The Bertz CT molecular complexity index is 3210. The summed E-state index contributed by atoms with van der Waals surface area (Å²) in [6.07, 6.45) is 1.90. The predicted molar refractivity (Wildman–Crippen MR) is 251 cm³/mol. The van der Waals surface area contributed by atoms with E-state index in [4.69, 9.17) is 9.72 Å². The van der Waals surface area contributed by atoms with Crippen molar-refractivity contribution in [1.29, 1.82) is 0 Å². The number of nitrogens with zero attached hydrogens (tertiary/aromatic N) is 4. The van der Waals surface area contributed by atoms with Gasteiger partial charge >= 0.3 is 0 Å². The van der Waals surface area contributed by atoms with Crippen molar-refractivity contribution in [3.8, 4) is 39.6 Å². The van der Waals surface area contributed by atoms with Crippen molar-refractivity contribution >= 4 is 44.6 Å². The van der Waals surface area contributed by atoms with Crippen LogP contribution in [-0.4, -0.2) is 9.55 Å². The van der Waals surface area contributed by atoms with Gasteiger partial charge in [-0.05, 0) is 75.9 Å². The second-order valence-electron chi connectivity index (χ2n) is 17.9. The van der Waals surface area contributed by atoms with Crippen molar-refractivity contribution < 1.29 is 25.8 Å². The summed E-state index contributed by atoms with van der Waals surface area (Å²) in [6, 6.07) is 61.3. The zero-order valence-corrected chi connectivity index (χ0v) is 37.9. The van der Waals surface area contributed by atoms with Crippen LogP contribution in [0.4, 0.5) is 22.7 Å². The molecule has 0 unspecified atom stereocenters. The number of hydrogen-bond donors (Lipinski definition) is 0. The van der Waals surface area contributed by atoms with Crippen LogP contribution in [0.2, 0.25) is 0 Å². The van der Waals surface area contributed by atoms with E-state index in [1.165, 1.54) is 50.2 Å². The van der Waals surface area contributed by atoms with Crippen LogP contribution >= 0.6 is 0 Å². The first kappa shape index (κ1) is 39.7. The molecule has 3 heterocycles. The van der Waals surface area contributed by atoms with Crippen molar-refractivity contribution in [3.63, 3.8) is 0 Å². The van der Waals surface area contributed by atoms with Crippen molar-refractivity contribution in [2.24, 2.45) is 0 Å². The molecule has 62 heavy (non-hydrogen) atoms. The number of ether oxygens (including phenoxy) is 1. The van der Waals surface area contributed by atoms with Gasteiger partial charge in [0.05, 0.1) is 0 Å². The Kier molecular flexibility index (Phi) is 9.53. The SMILES string of the molecule is Cc1cccc(-c2ccc3c(c2N2[CH-]N(c4[c-]c(Oc5[c-]c6c(cc5)c5ccccc5n6-c5cc(C(C)(C)C)ccn5)ccc4)c4ccccc42)-c2ccccc2C3(C)C)c1.[Pt]. The fourth-order valence-electron chi connectivity index (χ4n) is 9.49. The maximum absolute atomic E-state index is 6.66. The zero-order valence-electron chi connectivity index (χ0n) is 35.6. The maximum atomic E-state index is 6.66. The molecule has 1 aliphatic heterocycles. The second kappa shape index (κ2) is 14.9. The van der Waals surface area contributed by atoms with E-state index in [-0.39, 0.29) is 31.9 Å². The average Bonchev–Trinajstić information content (AvgIpc) is 3.89. The summed E-state index contributed by atoms with van der Waals surface area (Å²) in [4.78, 5) is 9.47. The van der Waals surface area contributed by atoms with Crippen molar-refractivity contribution in [3.05, 3.63) is 199 Å². The summed E-state index contributed by atoms with van der Waals surface area (Å²) in [6.45, 7) is 15.8. The van der Waals surface area contributed by atoms with E-state index in [1.54, 1.807) is 0 Å². The minimum atomic E-state index is -0.147. The molecule has 2 aliphatic rings. The van der Waals surface area contributed by atoms with Gasteiger partial charge in [-0.2, -0.15) is 12.1 Å². The molecule has 9 aromatic rings. The Labute approximate surface area is 378 Å². The Hall–Kier alpha value is -6.42. The van der Waals surface area contributed by atoms with E-state index in [2.05, 4.69) is 208 Å². The fraction of sp³-hybridized carbons (Fsp3) is 0.143. The predicted octanol–water partition coefficient (Wildman–Crippen LogP) is 14.6. The van der Waals surface area contributed by atoms with Crippen molar-refractivity contribution in [2.45, 2.75) is 52.4 Å². The maximum Gasteiger partial charge on any atom is 0.135 e. The molecule has 0 bridgehead atoms. The first-order valence-corrected chi connectivity index (χ1v) is 21.0. The number of aryl methyl sites for hydroxylation is 1. The van der Waals surface area contributed by atoms with Crippen LogP contribution in [-0.2, 0) is 31.9 Å². The average molecular weight is 985 g/mol. The molecule has 0 saturated heterocycles. The third kappa shape index (κ3) is 6.36. The minimum absolute atomic E-state index is 0. The molecule has 0 atom stereocenters. The van der Waals surface area contributed by atoms with Gasteiger partial charge in [-0.1, -0.05) is 137 Å². The van der Waals surface area contributed by atoms with E-state index in [9.17, 15) is 0 Å². The Balaban J connectivity index is 0.00000458. The van der Waals surface area contributed by atoms with Gasteiger partial charge in [0.1, 0.15) is 5.82 Å². The first-order chi connectivity index (χ1) is 29.5. The van der Waals surface area contributed by atoms with Crippen molar-refractivity contribution in [1.82, 2.24) is 9.55 Å². The summed E-state index contributed by atoms with van der Waals surface area (Å²) in [5, 5.41) is 2.24. The summed E-state index contributed by atoms with van der Waals surface area (Å²) in [5.41, 5.74) is 16.1. The van der Waals surface area contributed by atoms with Gasteiger partial charge in [0, 0.05) is 77.9 Å². The van der Waals surface area contributed by atoms with Crippen LogP contribution in [0.25, 0.3) is 49.9 Å². The molecular weight excluding hydrogens is 940 g/mol. The van der Waals surface area contributed by atoms with Crippen LogP contribution in [0.15, 0.2) is 158 Å². The number of rotatable bonds is 6. The molecule has 1 aliphatic carbocycles. The summed E-state index contributed by atoms with van der Waals surface area (Å²) < 4.78 is 8.86. The Morgan fingerprint density at radius 1 is 0.645 bits per heavy atom. The van der Waals surface area contributed by atoms with Crippen LogP contribution in [0, 0.1) is 25.7 Å². The van der Waals surface area contributed by atoms with Gasteiger partial charge in [0.25, 0.3) is 0 Å². The molecule has 0 saturated carbocycles. The molecule has 0 radical (unpaired) electrons. The topological polar surface area (TPSA) is 33.5 Å². The number of pyridine rings is 1. The number of para-hydroxylation sites is 3. The van der Waals surface area contributed by atoms with Gasteiger partial charge in [0.15, 0.2) is 0 Å². The van der Waals surface area contributed by atoms with Gasteiger partial charge in [-0.3, -0.25) is 0 Å². The van der Waals surface area contributed by atoms with E-state index in [0.717, 1.165) is 44.7 Å². The van der Waals surface area contributed by atoms with Gasteiger partial charge in [-0.15, -0.1) is 48.1 Å². The summed E-state index contributed by atoms with van der Waals surface area (Å²) in [5.74, 6) is 2.06. The molecule has 2 aromatic heterocycles. The molecular formula is C56H45N4OPt-3. The largest absolute Gasteiger partial charge is 0.509 e. The Morgan fingerprint density at radius 2 is 1.39 bits per heavy atom. The smallest absolute Gasteiger partial charge is 0.135 e. The van der Waals surface area contributed by atoms with E-state index in [0.29, 0.717) is 11.5 Å². The minimum Gasteiger partial charge on any atom is -0.509 e. The molecule has 0 N–H and O–H groups in total. The summed E-state index contributed by atoms with van der Waals surface area (Å²) >= 11 is 0. The molecule has 0 amide bonds. The van der Waals surface area contributed by atoms with Gasteiger partial charge in [0.2, 0.25) is 0 Å². The van der Waals surface area contributed by atoms with Crippen LogP contribution in [0.3, 0.4) is 0 Å². The van der Waals surface area contributed by atoms with Crippen molar-refractivity contribution in [2.75, 3.05) is 9.80 Å². The van der Waals surface area contributed by atoms with E-state index in [1.807, 2.05) is 24.4 Å². The monoisotopic (exact) mass is 984 g/mol. The zero-order chi connectivity index (χ0) is 41.6. The number of aromatic nitrogens is 2. The van der Waals surface area contributed by atoms with Crippen LogP contribution in [0.1, 0.15) is 56.9 Å². The molecule has 6 heteroatoms. The molecule has 0 spiro atoms. The third-order valence-electron chi connectivity index (χ3n) is 12.6. The van der Waals surface area contributed by atoms with Crippen LogP contribution in [0.5, 0.6) is 11.5 Å². The molecule has 0 fully saturated rings. The molecule has 5 nitrogen and oxygen atoms in total. The number of anilines is 4. The number of benzene rings is 7. The normalized spacial score (nSPS) is 13.8. The number of hydrogen-bond acceptors (Lipinski definition) is 4. The standard InChI is InChI=1S/C56H45N4O.Pt/c1-36-15-13-16-37(31-36)42-27-28-47-53(45-20-7-9-21-46(45)56(47,5)6)54(42)59-35-58(49-23-11-12-24-50(49)59)39-17-14-18-40(33-39)61-41-25-26-44-43-19-8-10-22-48(43)60(51(44)34-41)52-32-38(29-30-57-52)55(2,3)4;/h7-32,35H,1-6H3;/q-3;. The van der Waals surface area contributed by atoms with E-state index >= 15 is 0 Å². The Morgan fingerprint density at radius 3 is 2.21 bits per heavy atom. The second-order valence-corrected chi connectivity index (χ2v) is 17.9. The molecule has 11 rings (SSSR count). The third-order valence-corrected chi connectivity index (χ3v) is 12.6. The fourth-order valence-corrected chi connectivity index (χ4v) is 9.49. The van der Waals surface area contributed by atoms with E-state index < -0.39 is 0 Å². The molecule has 7 aromatic carbocycles. The van der Waals surface area contributed by atoms with Crippen LogP contribution < -0.4 is 14.5 Å². The summed E-state index contributed by atoms with van der Waals surface area (Å²) in [7, 11) is 0. The first-order valence-electron chi connectivity index (χ1n) is 21.0. The number of fused-ring (bicyclic) bond motifs is 7. The van der Waals surface area contributed by atoms with Gasteiger partial charge in [-0.25, -0.2) is 4.98 Å². The molecule has 308 valence electrons. The quantitative estimate of drug-likeness (QED) is 0.156.